The van der Waals surface area contributed by atoms with Crippen molar-refractivity contribution in [2.24, 2.45) is 0 Å². The van der Waals surface area contributed by atoms with Gasteiger partial charge in [0.25, 0.3) is 0 Å². The first kappa shape index (κ1) is 13.4. The standard InChI is InChI=1S/C17H15NO3/c1-11-8-12(10-19)2-6-16(11)21-14-4-5-15-13(9-14)3-7-17(20)18-15/h2,4-6,8-10H,3,7H2,1H3,(H,18,20). The van der Waals surface area contributed by atoms with E-state index in [-0.39, 0.29) is 5.91 Å². The molecule has 0 radical (unpaired) electrons. The van der Waals surface area contributed by atoms with Crippen LogP contribution in [-0.4, -0.2) is 12.2 Å². The molecule has 0 fully saturated rings. The molecule has 2 aromatic rings. The monoisotopic (exact) mass is 281 g/mol. The van der Waals surface area contributed by atoms with Gasteiger partial charge >= 0.3 is 0 Å². The van der Waals surface area contributed by atoms with Gasteiger partial charge in [-0.15, -0.1) is 0 Å². The minimum absolute atomic E-state index is 0.0523. The Morgan fingerprint density at radius 3 is 2.76 bits per heavy atom. The molecule has 3 rings (SSSR count). The molecule has 0 aromatic heterocycles. The van der Waals surface area contributed by atoms with Crippen molar-refractivity contribution >= 4 is 17.9 Å². The van der Waals surface area contributed by atoms with Gasteiger partial charge in [0, 0.05) is 17.7 Å². The summed E-state index contributed by atoms with van der Waals surface area (Å²) >= 11 is 0. The van der Waals surface area contributed by atoms with E-state index in [9.17, 15) is 9.59 Å². The van der Waals surface area contributed by atoms with Crippen LogP contribution in [0.1, 0.15) is 27.9 Å². The largest absolute Gasteiger partial charge is 0.457 e. The molecule has 1 heterocycles. The zero-order valence-electron chi connectivity index (χ0n) is 11.7. The molecule has 1 N–H and O–H groups in total. The van der Waals surface area contributed by atoms with Crippen molar-refractivity contribution in [3.63, 3.8) is 0 Å². The van der Waals surface area contributed by atoms with Gasteiger partial charge in [-0.1, -0.05) is 0 Å². The zero-order valence-corrected chi connectivity index (χ0v) is 11.7. The molecule has 4 nitrogen and oxygen atoms in total. The summed E-state index contributed by atoms with van der Waals surface area (Å²) in [5.41, 5.74) is 3.47. The van der Waals surface area contributed by atoms with Crippen molar-refractivity contribution in [3.8, 4) is 11.5 Å². The Kier molecular flexibility index (Phi) is 3.44. The molecule has 1 aliphatic rings. The molecule has 0 spiro atoms. The maximum Gasteiger partial charge on any atom is 0.224 e. The van der Waals surface area contributed by atoms with Crippen molar-refractivity contribution in [1.29, 1.82) is 0 Å². The third-order valence-corrected chi connectivity index (χ3v) is 3.54. The minimum atomic E-state index is 0.0523. The molecule has 1 amide bonds. The number of aryl methyl sites for hydroxylation is 2. The van der Waals surface area contributed by atoms with E-state index >= 15 is 0 Å². The van der Waals surface area contributed by atoms with Crippen LogP contribution in [0, 0.1) is 6.92 Å². The molecule has 1 aliphatic heterocycles. The fourth-order valence-corrected chi connectivity index (χ4v) is 2.41. The maximum absolute atomic E-state index is 11.3. The minimum Gasteiger partial charge on any atom is -0.457 e. The fourth-order valence-electron chi connectivity index (χ4n) is 2.41. The number of rotatable bonds is 3. The predicted octanol–water partition coefficient (Wildman–Crippen LogP) is 3.48. The van der Waals surface area contributed by atoms with Gasteiger partial charge < -0.3 is 10.1 Å². The molecule has 0 unspecified atom stereocenters. The molecule has 0 bridgehead atoms. The fraction of sp³-hybridized carbons (Fsp3) is 0.176. The summed E-state index contributed by atoms with van der Waals surface area (Å²) in [5.74, 6) is 1.50. The number of benzene rings is 2. The normalized spacial score (nSPS) is 13.3. The average Bonchev–Trinajstić information content (AvgIpc) is 2.49. The number of ether oxygens (including phenoxy) is 1. The van der Waals surface area contributed by atoms with E-state index in [2.05, 4.69) is 5.32 Å². The van der Waals surface area contributed by atoms with Gasteiger partial charge in [-0.2, -0.15) is 0 Å². The quantitative estimate of drug-likeness (QED) is 0.876. The van der Waals surface area contributed by atoms with Crippen LogP contribution in [-0.2, 0) is 11.2 Å². The van der Waals surface area contributed by atoms with Crippen LogP contribution >= 0.6 is 0 Å². The first-order valence-corrected chi connectivity index (χ1v) is 6.82. The van der Waals surface area contributed by atoms with Crippen molar-refractivity contribution in [2.75, 3.05) is 5.32 Å². The molecule has 4 heteroatoms. The molecular formula is C17H15NO3. The molecule has 106 valence electrons. The van der Waals surface area contributed by atoms with Crippen LogP contribution in [0.3, 0.4) is 0 Å². The van der Waals surface area contributed by atoms with Gasteiger partial charge in [0.15, 0.2) is 0 Å². The van der Waals surface area contributed by atoms with Crippen LogP contribution < -0.4 is 10.1 Å². The zero-order chi connectivity index (χ0) is 14.8. The number of carbonyl (C=O) groups excluding carboxylic acids is 2. The number of hydrogen-bond donors (Lipinski definition) is 1. The maximum atomic E-state index is 11.3. The predicted molar refractivity (Wildman–Crippen MR) is 80.0 cm³/mol. The summed E-state index contributed by atoms with van der Waals surface area (Å²) in [6, 6.07) is 10.9. The number of carbonyl (C=O) groups is 2. The van der Waals surface area contributed by atoms with Gasteiger partial charge in [-0.3, -0.25) is 9.59 Å². The molecule has 0 aliphatic carbocycles. The number of fused-ring (bicyclic) bond motifs is 1. The van der Waals surface area contributed by atoms with E-state index in [1.807, 2.05) is 25.1 Å². The topological polar surface area (TPSA) is 55.4 Å². The SMILES string of the molecule is Cc1cc(C=O)ccc1Oc1ccc2c(c1)CCC(=O)N2. The van der Waals surface area contributed by atoms with Crippen LogP contribution in [0.5, 0.6) is 11.5 Å². The van der Waals surface area contributed by atoms with Crippen molar-refractivity contribution in [1.82, 2.24) is 0 Å². The summed E-state index contributed by atoms with van der Waals surface area (Å²) < 4.78 is 5.87. The Hall–Kier alpha value is -2.62. The Labute approximate surface area is 122 Å². The molecule has 0 atom stereocenters. The van der Waals surface area contributed by atoms with E-state index in [0.29, 0.717) is 12.0 Å². The lowest BCUT2D eigenvalue weighted by molar-refractivity contribution is -0.116. The summed E-state index contributed by atoms with van der Waals surface area (Å²) in [6.45, 7) is 1.90. The lowest BCUT2D eigenvalue weighted by atomic mass is 10.0. The first-order valence-electron chi connectivity index (χ1n) is 6.82. The van der Waals surface area contributed by atoms with Gasteiger partial charge in [-0.25, -0.2) is 0 Å². The van der Waals surface area contributed by atoms with Crippen LogP contribution in [0.25, 0.3) is 0 Å². The number of anilines is 1. The number of amides is 1. The highest BCUT2D eigenvalue weighted by Gasteiger charge is 2.15. The second-order valence-corrected chi connectivity index (χ2v) is 5.11. The van der Waals surface area contributed by atoms with Crippen LogP contribution in [0.2, 0.25) is 0 Å². The second kappa shape index (κ2) is 5.40. The van der Waals surface area contributed by atoms with E-state index < -0.39 is 0 Å². The summed E-state index contributed by atoms with van der Waals surface area (Å²) in [6.07, 6.45) is 2.04. The average molecular weight is 281 g/mol. The van der Waals surface area contributed by atoms with E-state index in [0.717, 1.165) is 41.0 Å². The molecular weight excluding hydrogens is 266 g/mol. The highest BCUT2D eigenvalue weighted by Crippen LogP contribution is 2.31. The Bertz CT molecular complexity index is 722. The summed E-state index contributed by atoms with van der Waals surface area (Å²) in [4.78, 5) is 22.1. The lowest BCUT2D eigenvalue weighted by Crippen LogP contribution is -2.18. The first-order chi connectivity index (χ1) is 10.2. The van der Waals surface area contributed by atoms with Gasteiger partial charge in [0.1, 0.15) is 17.8 Å². The lowest BCUT2D eigenvalue weighted by Gasteiger charge is -2.18. The molecule has 2 aromatic carbocycles. The third kappa shape index (κ3) is 2.79. The van der Waals surface area contributed by atoms with Crippen molar-refractivity contribution < 1.29 is 14.3 Å². The van der Waals surface area contributed by atoms with Crippen molar-refractivity contribution in [2.45, 2.75) is 19.8 Å². The Morgan fingerprint density at radius 2 is 2.00 bits per heavy atom. The van der Waals surface area contributed by atoms with Crippen LogP contribution in [0.15, 0.2) is 36.4 Å². The molecule has 21 heavy (non-hydrogen) atoms. The Balaban J connectivity index is 1.85. The highest BCUT2D eigenvalue weighted by molar-refractivity contribution is 5.94. The molecule has 0 saturated heterocycles. The summed E-state index contributed by atoms with van der Waals surface area (Å²) in [7, 11) is 0. The number of hydrogen-bond acceptors (Lipinski definition) is 3. The van der Waals surface area contributed by atoms with Crippen molar-refractivity contribution in [3.05, 3.63) is 53.1 Å². The van der Waals surface area contributed by atoms with Gasteiger partial charge in [0.05, 0.1) is 0 Å². The van der Waals surface area contributed by atoms with E-state index in [1.54, 1.807) is 18.2 Å². The van der Waals surface area contributed by atoms with E-state index in [4.69, 9.17) is 4.74 Å². The Morgan fingerprint density at radius 1 is 1.14 bits per heavy atom. The second-order valence-electron chi connectivity index (χ2n) is 5.11. The third-order valence-electron chi connectivity index (χ3n) is 3.54. The van der Waals surface area contributed by atoms with Crippen LogP contribution in [0.4, 0.5) is 5.69 Å². The smallest absolute Gasteiger partial charge is 0.224 e. The molecule has 0 saturated carbocycles. The summed E-state index contributed by atoms with van der Waals surface area (Å²) in [5, 5.41) is 2.84. The highest BCUT2D eigenvalue weighted by atomic mass is 16.5. The van der Waals surface area contributed by atoms with Gasteiger partial charge in [0.2, 0.25) is 5.91 Å². The van der Waals surface area contributed by atoms with Gasteiger partial charge in [-0.05, 0) is 60.9 Å². The number of nitrogens with one attached hydrogen (secondary N) is 1. The number of aldehydes is 1. The van der Waals surface area contributed by atoms with E-state index in [1.165, 1.54) is 0 Å².